The summed E-state index contributed by atoms with van der Waals surface area (Å²) in [4.78, 5) is 11.8. The normalized spacial score (nSPS) is 10.7. The Bertz CT molecular complexity index is 737. The van der Waals surface area contributed by atoms with Gasteiger partial charge in [0.25, 0.3) is 5.91 Å². The number of aryl methyl sites for hydroxylation is 1. The van der Waals surface area contributed by atoms with Crippen LogP contribution in [0.4, 0.5) is 0 Å². The Morgan fingerprint density at radius 3 is 2.46 bits per heavy atom. The number of hydrogen-bond donors (Lipinski definition) is 1. The van der Waals surface area contributed by atoms with Crippen LogP contribution in [0, 0.1) is 20.8 Å². The number of benzene rings is 2. The Kier molecular flexibility index (Phi) is 5.95. The van der Waals surface area contributed by atoms with Gasteiger partial charge in [-0.25, -0.2) is 5.43 Å². The topological polar surface area (TPSA) is 59.9 Å². The Balaban J connectivity index is 1.88. The summed E-state index contributed by atoms with van der Waals surface area (Å²) in [5, 5.41) is 3.98. The van der Waals surface area contributed by atoms with Crippen molar-refractivity contribution >= 4 is 12.1 Å². The van der Waals surface area contributed by atoms with Crippen LogP contribution in [-0.2, 0) is 4.79 Å². The van der Waals surface area contributed by atoms with E-state index < -0.39 is 0 Å². The van der Waals surface area contributed by atoms with Gasteiger partial charge in [0, 0.05) is 0 Å². The average molecular weight is 326 g/mol. The monoisotopic (exact) mass is 326 g/mol. The van der Waals surface area contributed by atoms with Gasteiger partial charge in [-0.2, -0.15) is 5.10 Å². The molecule has 0 aromatic heterocycles. The highest BCUT2D eigenvalue weighted by Crippen LogP contribution is 2.22. The number of rotatable bonds is 6. The van der Waals surface area contributed by atoms with E-state index in [9.17, 15) is 4.79 Å². The van der Waals surface area contributed by atoms with Crippen molar-refractivity contribution in [3.8, 4) is 11.5 Å². The predicted molar refractivity (Wildman–Crippen MR) is 94.9 cm³/mol. The zero-order valence-electron chi connectivity index (χ0n) is 14.4. The maximum absolute atomic E-state index is 11.8. The molecule has 0 unspecified atom stereocenters. The van der Waals surface area contributed by atoms with Gasteiger partial charge in [0.05, 0.1) is 13.3 Å². The van der Waals surface area contributed by atoms with Crippen LogP contribution in [0.25, 0.3) is 0 Å². The SMILES string of the molecule is COc1ccc(C=NNC(=O)COc2ccc(C)cc2)c(C)c1C. The molecule has 5 nitrogen and oxygen atoms in total. The van der Waals surface area contributed by atoms with Crippen LogP contribution in [0.5, 0.6) is 11.5 Å². The summed E-state index contributed by atoms with van der Waals surface area (Å²) >= 11 is 0. The molecular formula is C19H22N2O3. The van der Waals surface area contributed by atoms with Gasteiger partial charge in [0.2, 0.25) is 0 Å². The fourth-order valence-electron chi connectivity index (χ4n) is 2.17. The van der Waals surface area contributed by atoms with E-state index in [1.165, 1.54) is 0 Å². The molecule has 2 rings (SSSR count). The van der Waals surface area contributed by atoms with Gasteiger partial charge in [-0.15, -0.1) is 0 Å². The molecule has 0 bridgehead atoms. The minimum absolute atomic E-state index is 0.0823. The van der Waals surface area contributed by atoms with Crippen molar-refractivity contribution in [2.24, 2.45) is 5.10 Å². The zero-order chi connectivity index (χ0) is 17.5. The molecule has 5 heteroatoms. The quantitative estimate of drug-likeness (QED) is 0.655. The van der Waals surface area contributed by atoms with Crippen LogP contribution in [-0.4, -0.2) is 25.8 Å². The Morgan fingerprint density at radius 2 is 1.79 bits per heavy atom. The van der Waals surface area contributed by atoms with E-state index in [2.05, 4.69) is 10.5 Å². The summed E-state index contributed by atoms with van der Waals surface area (Å²) in [6, 6.07) is 11.3. The maximum atomic E-state index is 11.8. The highest BCUT2D eigenvalue weighted by Gasteiger charge is 2.05. The second-order valence-electron chi connectivity index (χ2n) is 5.50. The molecule has 0 aliphatic heterocycles. The molecule has 0 heterocycles. The lowest BCUT2D eigenvalue weighted by atomic mass is 10.0. The summed E-state index contributed by atoms with van der Waals surface area (Å²) in [6.07, 6.45) is 1.62. The molecule has 0 aliphatic carbocycles. The van der Waals surface area contributed by atoms with Crippen molar-refractivity contribution in [2.75, 3.05) is 13.7 Å². The first-order valence-corrected chi connectivity index (χ1v) is 7.67. The van der Waals surface area contributed by atoms with E-state index in [-0.39, 0.29) is 12.5 Å². The van der Waals surface area contributed by atoms with E-state index in [0.29, 0.717) is 5.75 Å². The number of methoxy groups -OCH3 is 1. The van der Waals surface area contributed by atoms with E-state index in [1.807, 2.05) is 57.2 Å². The van der Waals surface area contributed by atoms with E-state index in [1.54, 1.807) is 13.3 Å². The molecule has 1 N–H and O–H groups in total. The first kappa shape index (κ1) is 17.5. The van der Waals surface area contributed by atoms with Gasteiger partial charge in [-0.3, -0.25) is 4.79 Å². The van der Waals surface area contributed by atoms with Crippen LogP contribution in [0.3, 0.4) is 0 Å². The minimum atomic E-state index is -0.310. The second-order valence-corrected chi connectivity index (χ2v) is 5.50. The Labute approximate surface area is 142 Å². The number of carbonyl (C=O) groups is 1. The lowest BCUT2D eigenvalue weighted by Gasteiger charge is -2.09. The molecule has 0 fully saturated rings. The van der Waals surface area contributed by atoms with Gasteiger partial charge in [-0.05, 0) is 61.7 Å². The van der Waals surface area contributed by atoms with Crippen LogP contribution in [0.2, 0.25) is 0 Å². The van der Waals surface area contributed by atoms with E-state index >= 15 is 0 Å². The number of ether oxygens (including phenoxy) is 2. The second kappa shape index (κ2) is 8.15. The van der Waals surface area contributed by atoms with Gasteiger partial charge in [0.1, 0.15) is 11.5 Å². The minimum Gasteiger partial charge on any atom is -0.496 e. The average Bonchev–Trinajstić information content (AvgIpc) is 2.58. The smallest absolute Gasteiger partial charge is 0.277 e. The third-order valence-corrected chi connectivity index (χ3v) is 3.78. The van der Waals surface area contributed by atoms with Crippen LogP contribution in [0.1, 0.15) is 22.3 Å². The van der Waals surface area contributed by atoms with Crippen molar-refractivity contribution in [3.05, 3.63) is 58.7 Å². The van der Waals surface area contributed by atoms with Crippen molar-refractivity contribution < 1.29 is 14.3 Å². The Morgan fingerprint density at radius 1 is 1.08 bits per heavy atom. The first-order chi connectivity index (χ1) is 11.5. The third kappa shape index (κ3) is 4.59. The zero-order valence-corrected chi connectivity index (χ0v) is 14.4. The molecule has 2 aromatic rings. The van der Waals surface area contributed by atoms with Gasteiger partial charge in [-0.1, -0.05) is 17.7 Å². The molecule has 0 aliphatic rings. The molecule has 0 spiro atoms. The van der Waals surface area contributed by atoms with E-state index in [4.69, 9.17) is 9.47 Å². The standard InChI is InChI=1S/C19H22N2O3/c1-13-5-8-17(9-6-13)24-12-19(22)21-20-11-16-7-10-18(23-4)15(3)14(16)2/h5-11H,12H2,1-4H3,(H,21,22). The maximum Gasteiger partial charge on any atom is 0.277 e. The van der Waals surface area contributed by atoms with Crippen LogP contribution < -0.4 is 14.9 Å². The number of hydrazone groups is 1. The molecule has 126 valence electrons. The van der Waals surface area contributed by atoms with Crippen molar-refractivity contribution in [1.29, 1.82) is 0 Å². The summed E-state index contributed by atoms with van der Waals surface area (Å²) in [5.74, 6) is 1.18. The molecule has 24 heavy (non-hydrogen) atoms. The van der Waals surface area contributed by atoms with Crippen LogP contribution in [0.15, 0.2) is 41.5 Å². The fraction of sp³-hybridized carbons (Fsp3) is 0.263. The largest absolute Gasteiger partial charge is 0.496 e. The molecule has 1 amide bonds. The number of hydrogen-bond acceptors (Lipinski definition) is 4. The van der Waals surface area contributed by atoms with E-state index in [0.717, 1.165) is 28.0 Å². The Hall–Kier alpha value is -2.82. The third-order valence-electron chi connectivity index (χ3n) is 3.78. The summed E-state index contributed by atoms with van der Waals surface area (Å²) in [6.45, 7) is 5.89. The van der Waals surface area contributed by atoms with Gasteiger partial charge in [0.15, 0.2) is 6.61 Å². The lowest BCUT2D eigenvalue weighted by molar-refractivity contribution is -0.123. The van der Waals surface area contributed by atoms with Crippen LogP contribution >= 0.6 is 0 Å². The number of amides is 1. The number of carbonyl (C=O) groups excluding carboxylic acids is 1. The lowest BCUT2D eigenvalue weighted by Crippen LogP contribution is -2.24. The predicted octanol–water partition coefficient (Wildman–Crippen LogP) is 3.15. The van der Waals surface area contributed by atoms with Crippen molar-refractivity contribution in [2.45, 2.75) is 20.8 Å². The summed E-state index contributed by atoms with van der Waals surface area (Å²) in [5.41, 5.74) is 6.64. The molecular weight excluding hydrogens is 304 g/mol. The highest BCUT2D eigenvalue weighted by molar-refractivity contribution is 5.85. The number of nitrogens with zero attached hydrogens (tertiary/aromatic N) is 1. The fourth-order valence-corrected chi connectivity index (χ4v) is 2.17. The number of nitrogens with one attached hydrogen (secondary N) is 1. The molecule has 0 atom stereocenters. The first-order valence-electron chi connectivity index (χ1n) is 7.67. The summed E-state index contributed by atoms with van der Waals surface area (Å²) in [7, 11) is 1.64. The van der Waals surface area contributed by atoms with Crippen molar-refractivity contribution in [3.63, 3.8) is 0 Å². The van der Waals surface area contributed by atoms with Gasteiger partial charge < -0.3 is 9.47 Å². The molecule has 0 radical (unpaired) electrons. The van der Waals surface area contributed by atoms with Crippen molar-refractivity contribution in [1.82, 2.24) is 5.43 Å². The molecule has 0 saturated carbocycles. The highest BCUT2D eigenvalue weighted by atomic mass is 16.5. The molecule has 2 aromatic carbocycles. The van der Waals surface area contributed by atoms with Gasteiger partial charge >= 0.3 is 0 Å². The summed E-state index contributed by atoms with van der Waals surface area (Å²) < 4.78 is 10.7. The molecule has 0 saturated heterocycles.